The molecule has 0 unspecified atom stereocenters. The molecule has 0 atom stereocenters. The Morgan fingerprint density at radius 1 is 1.11 bits per heavy atom. The third kappa shape index (κ3) is 1.83. The van der Waals surface area contributed by atoms with E-state index in [1.54, 1.807) is 13.2 Å². The predicted octanol–water partition coefficient (Wildman–Crippen LogP) is 3.86. The van der Waals surface area contributed by atoms with Gasteiger partial charge in [0.1, 0.15) is 11.5 Å². The molecule has 1 heterocycles. The Morgan fingerprint density at radius 2 is 1.89 bits per heavy atom. The summed E-state index contributed by atoms with van der Waals surface area (Å²) in [6, 6.07) is 13.3. The van der Waals surface area contributed by atoms with Gasteiger partial charge in [-0.25, -0.2) is 0 Å². The Bertz CT molecular complexity index is 744. The van der Waals surface area contributed by atoms with Crippen molar-refractivity contribution in [3.63, 3.8) is 0 Å². The number of hydrogen-bond acceptors (Lipinski definition) is 2. The molecule has 3 nitrogen and oxygen atoms in total. The molecular weight excluding hydrogens is 238 g/mol. The molecule has 0 aliphatic heterocycles. The van der Waals surface area contributed by atoms with Crippen LogP contribution in [0, 0.1) is 6.92 Å². The topological polar surface area (TPSA) is 45.2 Å². The van der Waals surface area contributed by atoms with Crippen LogP contribution in [0.5, 0.6) is 11.5 Å². The number of H-pyrrole nitrogens is 1. The van der Waals surface area contributed by atoms with E-state index < -0.39 is 0 Å². The summed E-state index contributed by atoms with van der Waals surface area (Å²) < 4.78 is 5.28. The van der Waals surface area contributed by atoms with E-state index >= 15 is 0 Å². The van der Waals surface area contributed by atoms with Crippen molar-refractivity contribution in [3.05, 3.63) is 48.2 Å². The molecule has 3 heteroatoms. The molecule has 3 aromatic rings. The average Bonchev–Trinajstić information content (AvgIpc) is 2.74. The first kappa shape index (κ1) is 11.7. The van der Waals surface area contributed by atoms with E-state index in [2.05, 4.69) is 4.98 Å². The molecule has 0 saturated heterocycles. The molecule has 0 radical (unpaired) electrons. The van der Waals surface area contributed by atoms with E-state index in [0.717, 1.165) is 33.5 Å². The summed E-state index contributed by atoms with van der Waals surface area (Å²) in [6.07, 6.45) is 0. The van der Waals surface area contributed by atoms with E-state index in [4.69, 9.17) is 4.74 Å². The van der Waals surface area contributed by atoms with Crippen LogP contribution in [-0.2, 0) is 0 Å². The zero-order valence-corrected chi connectivity index (χ0v) is 10.9. The average molecular weight is 253 g/mol. The van der Waals surface area contributed by atoms with Crippen LogP contribution in [0.1, 0.15) is 5.69 Å². The second kappa shape index (κ2) is 4.35. The van der Waals surface area contributed by atoms with Crippen molar-refractivity contribution < 1.29 is 9.84 Å². The van der Waals surface area contributed by atoms with Gasteiger partial charge >= 0.3 is 0 Å². The highest BCUT2D eigenvalue weighted by Gasteiger charge is 2.13. The predicted molar refractivity (Wildman–Crippen MR) is 76.7 cm³/mol. The number of methoxy groups -OCH3 is 1. The maximum atomic E-state index is 10.0. The number of aromatic amines is 1. The van der Waals surface area contributed by atoms with Crippen molar-refractivity contribution in [1.82, 2.24) is 4.98 Å². The van der Waals surface area contributed by atoms with Gasteiger partial charge in [0.15, 0.2) is 0 Å². The smallest absolute Gasteiger partial charge is 0.123 e. The van der Waals surface area contributed by atoms with Crippen LogP contribution >= 0.6 is 0 Å². The summed E-state index contributed by atoms with van der Waals surface area (Å²) in [6.45, 7) is 2.01. The van der Waals surface area contributed by atoms with Gasteiger partial charge in [-0.05, 0) is 31.2 Å². The lowest BCUT2D eigenvalue weighted by Crippen LogP contribution is -1.83. The second-order valence-corrected chi connectivity index (χ2v) is 4.55. The van der Waals surface area contributed by atoms with Gasteiger partial charge in [-0.1, -0.05) is 18.2 Å². The molecule has 0 bridgehead atoms. The first-order valence-electron chi connectivity index (χ1n) is 6.15. The normalized spacial score (nSPS) is 10.8. The van der Waals surface area contributed by atoms with Gasteiger partial charge in [-0.3, -0.25) is 0 Å². The van der Waals surface area contributed by atoms with E-state index in [0.29, 0.717) is 0 Å². The number of nitrogens with one attached hydrogen (secondary N) is 1. The molecule has 0 saturated carbocycles. The van der Waals surface area contributed by atoms with Crippen molar-refractivity contribution in [1.29, 1.82) is 0 Å². The van der Waals surface area contributed by atoms with Gasteiger partial charge in [0.05, 0.1) is 7.11 Å². The lowest BCUT2D eigenvalue weighted by atomic mass is 10.0. The number of aryl methyl sites for hydroxylation is 1. The first-order valence-corrected chi connectivity index (χ1v) is 6.15. The second-order valence-electron chi connectivity index (χ2n) is 4.55. The van der Waals surface area contributed by atoms with Crippen LogP contribution in [0.25, 0.3) is 22.0 Å². The summed E-state index contributed by atoms with van der Waals surface area (Å²) in [4.78, 5) is 3.34. The number of phenolic OH excluding ortho intramolecular Hbond substituents is 1. The Balaban J connectivity index is 2.34. The largest absolute Gasteiger partial charge is 0.507 e. The molecule has 0 amide bonds. The van der Waals surface area contributed by atoms with Crippen molar-refractivity contribution in [3.8, 4) is 22.6 Å². The number of rotatable bonds is 2. The standard InChI is InChI=1S/C16H15NO2/c1-10-16(12-5-3-4-6-15(12)18)13-9-11(19-2)7-8-14(13)17-10/h3-9,17-18H,1-2H3. The lowest BCUT2D eigenvalue weighted by molar-refractivity contribution is 0.415. The molecular formula is C16H15NO2. The van der Waals surface area contributed by atoms with Gasteiger partial charge in [0, 0.05) is 27.7 Å². The van der Waals surface area contributed by atoms with Gasteiger partial charge in [0.25, 0.3) is 0 Å². The van der Waals surface area contributed by atoms with E-state index in [9.17, 15) is 5.11 Å². The van der Waals surface area contributed by atoms with Gasteiger partial charge < -0.3 is 14.8 Å². The Morgan fingerprint density at radius 3 is 2.63 bits per heavy atom. The Hall–Kier alpha value is -2.42. The number of phenols is 1. The quantitative estimate of drug-likeness (QED) is 0.728. The molecule has 0 aliphatic rings. The van der Waals surface area contributed by atoms with Gasteiger partial charge in [0.2, 0.25) is 0 Å². The number of aromatic nitrogens is 1. The molecule has 19 heavy (non-hydrogen) atoms. The zero-order chi connectivity index (χ0) is 13.4. The fourth-order valence-corrected chi connectivity index (χ4v) is 2.46. The lowest BCUT2D eigenvalue weighted by Gasteiger charge is -2.05. The van der Waals surface area contributed by atoms with Crippen LogP contribution in [0.2, 0.25) is 0 Å². The highest BCUT2D eigenvalue weighted by atomic mass is 16.5. The first-order chi connectivity index (χ1) is 9.20. The number of aromatic hydroxyl groups is 1. The van der Waals surface area contributed by atoms with E-state index in [-0.39, 0.29) is 5.75 Å². The van der Waals surface area contributed by atoms with Crippen molar-refractivity contribution >= 4 is 10.9 Å². The van der Waals surface area contributed by atoms with Crippen LogP contribution in [-0.4, -0.2) is 17.2 Å². The molecule has 2 N–H and O–H groups in total. The summed E-state index contributed by atoms with van der Waals surface area (Å²) >= 11 is 0. The molecule has 0 spiro atoms. The van der Waals surface area contributed by atoms with Crippen LogP contribution in [0.3, 0.4) is 0 Å². The van der Waals surface area contributed by atoms with Crippen molar-refractivity contribution in [2.45, 2.75) is 6.92 Å². The molecule has 2 aromatic carbocycles. The molecule has 0 aliphatic carbocycles. The van der Waals surface area contributed by atoms with Crippen LogP contribution < -0.4 is 4.74 Å². The Labute approximate surface area is 111 Å². The highest BCUT2D eigenvalue weighted by molar-refractivity contribution is 5.99. The summed E-state index contributed by atoms with van der Waals surface area (Å²) in [5.74, 6) is 1.09. The number of para-hydroxylation sites is 1. The van der Waals surface area contributed by atoms with Crippen LogP contribution in [0.15, 0.2) is 42.5 Å². The maximum Gasteiger partial charge on any atom is 0.123 e. The van der Waals surface area contributed by atoms with Crippen molar-refractivity contribution in [2.75, 3.05) is 7.11 Å². The molecule has 1 aromatic heterocycles. The number of benzene rings is 2. The monoisotopic (exact) mass is 253 g/mol. The summed E-state index contributed by atoms with van der Waals surface area (Å²) in [7, 11) is 1.65. The molecule has 96 valence electrons. The number of hydrogen-bond donors (Lipinski definition) is 2. The fraction of sp³-hybridized carbons (Fsp3) is 0.125. The van der Waals surface area contributed by atoms with Gasteiger partial charge in [-0.2, -0.15) is 0 Å². The Kier molecular flexibility index (Phi) is 2.67. The fourth-order valence-electron chi connectivity index (χ4n) is 2.46. The van der Waals surface area contributed by atoms with E-state index in [1.807, 2.05) is 43.3 Å². The summed E-state index contributed by atoms with van der Waals surface area (Å²) in [5.41, 5.74) is 3.92. The minimum absolute atomic E-state index is 0.286. The third-order valence-corrected chi connectivity index (χ3v) is 3.37. The number of ether oxygens (including phenoxy) is 1. The molecule has 0 fully saturated rings. The minimum atomic E-state index is 0.286. The van der Waals surface area contributed by atoms with Gasteiger partial charge in [-0.15, -0.1) is 0 Å². The minimum Gasteiger partial charge on any atom is -0.507 e. The third-order valence-electron chi connectivity index (χ3n) is 3.37. The van der Waals surface area contributed by atoms with E-state index in [1.165, 1.54) is 0 Å². The van der Waals surface area contributed by atoms with Crippen LogP contribution in [0.4, 0.5) is 0 Å². The highest BCUT2D eigenvalue weighted by Crippen LogP contribution is 2.38. The number of fused-ring (bicyclic) bond motifs is 1. The summed E-state index contributed by atoms with van der Waals surface area (Å²) in [5, 5.41) is 11.1. The SMILES string of the molecule is COc1ccc2[nH]c(C)c(-c3ccccc3O)c2c1. The zero-order valence-electron chi connectivity index (χ0n) is 10.9. The van der Waals surface area contributed by atoms with Crippen molar-refractivity contribution in [2.24, 2.45) is 0 Å². The maximum absolute atomic E-state index is 10.0. The molecule has 3 rings (SSSR count).